The number of hydrogen-bond acceptors (Lipinski definition) is 7. The first-order valence-electron chi connectivity index (χ1n) is 9.47. The Balaban J connectivity index is 1.33. The third-order valence-electron chi connectivity index (χ3n) is 5.50. The Hall–Kier alpha value is -3.07. The van der Waals surface area contributed by atoms with Crippen LogP contribution in [0.2, 0.25) is 0 Å². The predicted molar refractivity (Wildman–Crippen MR) is 109 cm³/mol. The lowest BCUT2D eigenvalue weighted by Crippen LogP contribution is -2.45. The lowest BCUT2D eigenvalue weighted by atomic mass is 10.1. The van der Waals surface area contributed by atoms with Crippen molar-refractivity contribution >= 4 is 23.6 Å². The van der Waals surface area contributed by atoms with E-state index in [1.807, 2.05) is 24.3 Å². The first-order valence-corrected chi connectivity index (χ1v) is 10.5. The molecule has 1 N–H and O–H groups in total. The van der Waals surface area contributed by atoms with Gasteiger partial charge in [0.05, 0.1) is 19.8 Å². The van der Waals surface area contributed by atoms with E-state index in [9.17, 15) is 9.59 Å². The molecule has 3 aliphatic heterocycles. The molecule has 2 amide bonds. The Kier molecular flexibility index (Phi) is 4.62. The summed E-state index contributed by atoms with van der Waals surface area (Å²) in [5.74, 6) is 2.43. The van der Waals surface area contributed by atoms with E-state index in [1.165, 1.54) is 14.2 Å². The summed E-state index contributed by atoms with van der Waals surface area (Å²) in [7, 11) is 3.05. The number of benzene rings is 2. The van der Waals surface area contributed by atoms with Gasteiger partial charge in [-0.1, -0.05) is 12.1 Å². The maximum Gasteiger partial charge on any atom is 0.260 e. The summed E-state index contributed by atoms with van der Waals surface area (Å²) < 4.78 is 21.5. The second-order valence-electron chi connectivity index (χ2n) is 7.08. The summed E-state index contributed by atoms with van der Waals surface area (Å²) in [6.07, 6.45) is 0. The Morgan fingerprint density at radius 1 is 1.20 bits per heavy atom. The van der Waals surface area contributed by atoms with Gasteiger partial charge in [-0.3, -0.25) is 9.59 Å². The number of nitrogens with zero attached hydrogens (tertiary/aromatic N) is 1. The van der Waals surface area contributed by atoms with Crippen molar-refractivity contribution in [3.63, 3.8) is 0 Å². The van der Waals surface area contributed by atoms with Gasteiger partial charge in [0.1, 0.15) is 11.4 Å². The average Bonchev–Trinajstić information content (AvgIpc) is 3.47. The number of carbonyl (C=O) groups is 2. The molecule has 0 spiro atoms. The highest BCUT2D eigenvalue weighted by Gasteiger charge is 2.50. The third-order valence-corrected chi connectivity index (χ3v) is 6.80. The first kappa shape index (κ1) is 18.9. The van der Waals surface area contributed by atoms with Crippen LogP contribution in [0.5, 0.6) is 23.0 Å². The fourth-order valence-electron chi connectivity index (χ4n) is 4.05. The van der Waals surface area contributed by atoms with Gasteiger partial charge in [0.25, 0.3) is 5.91 Å². The molecule has 0 radical (unpaired) electrons. The molecule has 1 saturated heterocycles. The number of ether oxygens (including phenoxy) is 4. The van der Waals surface area contributed by atoms with Gasteiger partial charge in [-0.15, -0.1) is 11.8 Å². The molecule has 2 aromatic rings. The third kappa shape index (κ3) is 2.84. The molecule has 2 unspecified atom stereocenters. The molecular weight excluding hydrogens is 408 g/mol. The van der Waals surface area contributed by atoms with Crippen LogP contribution < -0.4 is 24.3 Å². The molecule has 156 valence electrons. The fraction of sp³-hybridized carbons (Fsp3) is 0.333. The summed E-state index contributed by atoms with van der Waals surface area (Å²) in [6, 6.07) is 8.67. The van der Waals surface area contributed by atoms with Gasteiger partial charge < -0.3 is 29.2 Å². The molecule has 3 heterocycles. The molecule has 2 aromatic carbocycles. The van der Waals surface area contributed by atoms with E-state index in [-0.39, 0.29) is 24.0 Å². The molecule has 0 saturated carbocycles. The average molecular weight is 428 g/mol. The Morgan fingerprint density at radius 3 is 2.83 bits per heavy atom. The first-order chi connectivity index (χ1) is 14.6. The van der Waals surface area contributed by atoms with Crippen molar-refractivity contribution < 1.29 is 28.5 Å². The number of amides is 2. The minimum absolute atomic E-state index is 0.185. The van der Waals surface area contributed by atoms with Gasteiger partial charge in [-0.2, -0.15) is 0 Å². The molecule has 3 aliphatic rings. The zero-order valence-corrected chi connectivity index (χ0v) is 17.3. The maximum atomic E-state index is 13.2. The molecule has 0 aliphatic carbocycles. The van der Waals surface area contributed by atoms with Gasteiger partial charge in [0, 0.05) is 17.9 Å². The topological polar surface area (TPSA) is 86.3 Å². The Labute approximate surface area is 177 Å². The number of nitrogens with one attached hydrogen (secondary N) is 1. The largest absolute Gasteiger partial charge is 0.493 e. The van der Waals surface area contributed by atoms with Crippen LogP contribution in [0.3, 0.4) is 0 Å². The van der Waals surface area contributed by atoms with Crippen molar-refractivity contribution in [1.82, 2.24) is 10.2 Å². The van der Waals surface area contributed by atoms with E-state index < -0.39 is 6.04 Å². The predicted octanol–water partition coefficient (Wildman–Crippen LogP) is 2.32. The number of carbonyl (C=O) groups excluding carboxylic acids is 2. The monoisotopic (exact) mass is 428 g/mol. The standard InChI is InChI=1S/C21H20N2O6S/c1-26-15-6-4-12-17(18(15)27-2)20(25)23-13(9-30-21(12)23)19(24)22-8-11-3-5-14-16(7-11)29-10-28-14/h3-7,13,21H,8-10H2,1-2H3,(H,22,24). The molecule has 1 fully saturated rings. The van der Waals surface area contributed by atoms with Crippen LogP contribution >= 0.6 is 11.8 Å². The van der Waals surface area contributed by atoms with Crippen molar-refractivity contribution in [2.24, 2.45) is 0 Å². The van der Waals surface area contributed by atoms with Crippen LogP contribution in [0.25, 0.3) is 0 Å². The van der Waals surface area contributed by atoms with Gasteiger partial charge in [-0.25, -0.2) is 0 Å². The van der Waals surface area contributed by atoms with E-state index in [0.29, 0.717) is 40.9 Å². The zero-order chi connectivity index (χ0) is 20.8. The van der Waals surface area contributed by atoms with E-state index in [0.717, 1.165) is 11.1 Å². The molecule has 30 heavy (non-hydrogen) atoms. The van der Waals surface area contributed by atoms with Crippen LogP contribution in [-0.4, -0.2) is 49.5 Å². The minimum atomic E-state index is -0.551. The maximum absolute atomic E-state index is 13.2. The summed E-state index contributed by atoms with van der Waals surface area (Å²) in [4.78, 5) is 27.8. The van der Waals surface area contributed by atoms with Crippen molar-refractivity contribution in [3.8, 4) is 23.0 Å². The van der Waals surface area contributed by atoms with Crippen LogP contribution in [0.15, 0.2) is 30.3 Å². The van der Waals surface area contributed by atoms with Crippen molar-refractivity contribution in [2.45, 2.75) is 18.0 Å². The number of hydrogen-bond donors (Lipinski definition) is 1. The number of methoxy groups -OCH3 is 2. The molecule has 0 aromatic heterocycles. The van der Waals surface area contributed by atoms with Crippen molar-refractivity contribution in [2.75, 3.05) is 26.8 Å². The van der Waals surface area contributed by atoms with E-state index in [1.54, 1.807) is 22.7 Å². The summed E-state index contributed by atoms with van der Waals surface area (Å²) in [6.45, 7) is 0.547. The summed E-state index contributed by atoms with van der Waals surface area (Å²) >= 11 is 1.58. The van der Waals surface area contributed by atoms with E-state index in [2.05, 4.69) is 5.32 Å². The second kappa shape index (κ2) is 7.32. The molecule has 2 atom stereocenters. The highest BCUT2D eigenvalue weighted by molar-refractivity contribution is 7.99. The lowest BCUT2D eigenvalue weighted by Gasteiger charge is -2.22. The normalized spacial score (nSPS) is 20.7. The number of rotatable bonds is 5. The van der Waals surface area contributed by atoms with Gasteiger partial charge in [0.15, 0.2) is 23.0 Å². The fourth-order valence-corrected chi connectivity index (χ4v) is 5.51. The second-order valence-corrected chi connectivity index (χ2v) is 8.20. The quantitative estimate of drug-likeness (QED) is 0.782. The molecular formula is C21H20N2O6S. The van der Waals surface area contributed by atoms with Crippen LogP contribution in [0, 0.1) is 0 Å². The van der Waals surface area contributed by atoms with Gasteiger partial charge in [-0.05, 0) is 23.8 Å². The van der Waals surface area contributed by atoms with Crippen LogP contribution in [-0.2, 0) is 11.3 Å². The van der Waals surface area contributed by atoms with Crippen molar-refractivity contribution in [3.05, 3.63) is 47.0 Å². The summed E-state index contributed by atoms with van der Waals surface area (Å²) in [5.41, 5.74) is 2.23. The summed E-state index contributed by atoms with van der Waals surface area (Å²) in [5, 5.41) is 2.74. The van der Waals surface area contributed by atoms with Crippen molar-refractivity contribution in [1.29, 1.82) is 0 Å². The van der Waals surface area contributed by atoms with E-state index >= 15 is 0 Å². The highest BCUT2D eigenvalue weighted by Crippen LogP contribution is 2.52. The zero-order valence-electron chi connectivity index (χ0n) is 16.5. The van der Waals surface area contributed by atoms with Gasteiger partial charge in [0.2, 0.25) is 12.7 Å². The van der Waals surface area contributed by atoms with Crippen LogP contribution in [0.4, 0.5) is 0 Å². The van der Waals surface area contributed by atoms with Crippen LogP contribution in [0.1, 0.15) is 26.9 Å². The van der Waals surface area contributed by atoms with E-state index in [4.69, 9.17) is 18.9 Å². The smallest absolute Gasteiger partial charge is 0.260 e. The lowest BCUT2D eigenvalue weighted by molar-refractivity contribution is -0.124. The van der Waals surface area contributed by atoms with Gasteiger partial charge >= 0.3 is 0 Å². The number of thioether (sulfide) groups is 1. The highest BCUT2D eigenvalue weighted by atomic mass is 32.2. The molecule has 0 bridgehead atoms. The molecule has 9 heteroatoms. The Bertz CT molecular complexity index is 1040. The Morgan fingerprint density at radius 2 is 2.03 bits per heavy atom. The molecule has 8 nitrogen and oxygen atoms in total. The minimum Gasteiger partial charge on any atom is -0.493 e. The SMILES string of the molecule is COc1ccc2c(c1OC)C(=O)N1C(C(=O)NCc3ccc4c(c3)OCO4)CSC21. The molecule has 5 rings (SSSR count). The number of fused-ring (bicyclic) bond motifs is 4.